The van der Waals surface area contributed by atoms with E-state index in [4.69, 9.17) is 4.52 Å². The molecule has 3 heterocycles. The van der Waals surface area contributed by atoms with Crippen LogP contribution in [0.4, 0.5) is 0 Å². The quantitative estimate of drug-likeness (QED) is 0.499. The second-order valence-corrected chi connectivity index (χ2v) is 8.21. The van der Waals surface area contributed by atoms with E-state index >= 15 is 0 Å². The molecule has 0 saturated heterocycles. The maximum absolute atomic E-state index is 13.6. The highest BCUT2D eigenvalue weighted by Crippen LogP contribution is 2.40. The first kappa shape index (κ1) is 16.9. The molecule has 3 aromatic rings. The monoisotopic (exact) mass is 383 g/mol. The Labute approximate surface area is 160 Å². The highest BCUT2D eigenvalue weighted by atomic mass is 32.2. The second kappa shape index (κ2) is 6.44. The zero-order chi connectivity index (χ0) is 18.5. The van der Waals surface area contributed by atoms with Crippen LogP contribution in [-0.4, -0.2) is 30.9 Å². The van der Waals surface area contributed by atoms with Crippen molar-refractivity contribution >= 4 is 22.8 Å². The van der Waals surface area contributed by atoms with E-state index < -0.39 is 0 Å². The fraction of sp³-hybridized carbons (Fsp3) is 0.526. The number of pyridine rings is 1. The minimum Gasteiger partial charge on any atom is -0.339 e. The smallest absolute Gasteiger partial charge is 0.263 e. The van der Waals surface area contributed by atoms with Crippen molar-refractivity contribution < 1.29 is 4.52 Å². The first-order chi connectivity index (χ1) is 13.2. The van der Waals surface area contributed by atoms with Gasteiger partial charge < -0.3 is 4.52 Å². The zero-order valence-electron chi connectivity index (χ0n) is 15.4. The first-order valence-corrected chi connectivity index (χ1v) is 10.7. The van der Waals surface area contributed by atoms with Gasteiger partial charge in [0, 0.05) is 23.5 Å². The molecule has 3 aromatic heterocycles. The summed E-state index contributed by atoms with van der Waals surface area (Å²) in [6.07, 6.45) is 10.2. The van der Waals surface area contributed by atoms with Gasteiger partial charge in [0.05, 0.1) is 5.56 Å². The van der Waals surface area contributed by atoms with E-state index in [-0.39, 0.29) is 11.6 Å². The third kappa shape index (κ3) is 2.77. The number of thioether (sulfide) groups is 1. The lowest BCUT2D eigenvalue weighted by Crippen LogP contribution is -2.27. The Morgan fingerprint density at radius 2 is 1.96 bits per heavy atom. The van der Waals surface area contributed by atoms with Crippen molar-refractivity contribution in [1.29, 1.82) is 0 Å². The summed E-state index contributed by atoms with van der Waals surface area (Å²) >= 11 is 1.48. The molecule has 27 heavy (non-hydrogen) atoms. The highest BCUT2D eigenvalue weighted by molar-refractivity contribution is 7.98. The summed E-state index contributed by atoms with van der Waals surface area (Å²) in [7, 11) is 0. The van der Waals surface area contributed by atoms with E-state index in [0.717, 1.165) is 55.1 Å². The van der Waals surface area contributed by atoms with Gasteiger partial charge in [0.25, 0.3) is 5.56 Å². The van der Waals surface area contributed by atoms with Crippen molar-refractivity contribution in [3.63, 3.8) is 0 Å². The predicted molar refractivity (Wildman–Crippen MR) is 103 cm³/mol. The third-order valence-corrected chi connectivity index (χ3v) is 6.21. The number of fused-ring (bicyclic) bond motifs is 1. The molecule has 0 aliphatic heterocycles. The topological polar surface area (TPSA) is 86.7 Å². The van der Waals surface area contributed by atoms with E-state index in [1.807, 2.05) is 23.9 Å². The van der Waals surface area contributed by atoms with Crippen molar-refractivity contribution in [2.24, 2.45) is 0 Å². The lowest BCUT2D eigenvalue weighted by Gasteiger charge is -2.19. The Morgan fingerprint density at radius 3 is 2.67 bits per heavy atom. The van der Waals surface area contributed by atoms with Crippen LogP contribution in [0.3, 0.4) is 0 Å². The molecule has 5 rings (SSSR count). The van der Waals surface area contributed by atoms with Crippen LogP contribution < -0.4 is 5.56 Å². The van der Waals surface area contributed by atoms with Gasteiger partial charge in [0.1, 0.15) is 5.65 Å². The van der Waals surface area contributed by atoms with Gasteiger partial charge in [0.15, 0.2) is 5.16 Å². The van der Waals surface area contributed by atoms with Gasteiger partial charge >= 0.3 is 0 Å². The fourth-order valence-electron chi connectivity index (χ4n) is 4.01. The molecule has 8 heteroatoms. The summed E-state index contributed by atoms with van der Waals surface area (Å²) in [6, 6.07) is 0.166. The van der Waals surface area contributed by atoms with Crippen molar-refractivity contribution in [2.75, 3.05) is 6.26 Å². The molecule has 2 aliphatic rings. The van der Waals surface area contributed by atoms with Crippen LogP contribution in [0.25, 0.3) is 22.4 Å². The van der Waals surface area contributed by atoms with E-state index in [2.05, 4.69) is 20.1 Å². The van der Waals surface area contributed by atoms with Crippen molar-refractivity contribution in [1.82, 2.24) is 24.7 Å². The van der Waals surface area contributed by atoms with Gasteiger partial charge in [0.2, 0.25) is 11.7 Å². The summed E-state index contributed by atoms with van der Waals surface area (Å²) in [6.45, 7) is 1.92. The number of hydrogen-bond acceptors (Lipinski definition) is 7. The molecule has 2 saturated carbocycles. The van der Waals surface area contributed by atoms with Crippen LogP contribution in [0.5, 0.6) is 0 Å². The van der Waals surface area contributed by atoms with Crippen LogP contribution in [0.2, 0.25) is 0 Å². The fourth-order valence-corrected chi connectivity index (χ4v) is 4.35. The Hall–Kier alpha value is -2.22. The standard InChI is InChI=1S/C19H21N5O2S/c1-10-13-9-20-19(27-2)22-16(13)24(12-5-3-4-6-12)18(25)14(10)15-21-17(26-23-15)11-7-8-11/h9,11-12H,3-8H2,1-2H3. The minimum absolute atomic E-state index is 0.0687. The molecule has 0 aromatic carbocycles. The summed E-state index contributed by atoms with van der Waals surface area (Å²) in [5.74, 6) is 1.39. The van der Waals surface area contributed by atoms with Gasteiger partial charge in [-0.15, -0.1) is 0 Å². The maximum Gasteiger partial charge on any atom is 0.263 e. The van der Waals surface area contributed by atoms with Crippen LogP contribution >= 0.6 is 11.8 Å². The molecule has 0 radical (unpaired) electrons. The number of rotatable bonds is 4. The Morgan fingerprint density at radius 1 is 1.19 bits per heavy atom. The molecule has 0 unspecified atom stereocenters. The summed E-state index contributed by atoms with van der Waals surface area (Å²) in [5.41, 5.74) is 1.99. The van der Waals surface area contributed by atoms with Crippen molar-refractivity contribution in [2.45, 2.75) is 62.6 Å². The van der Waals surface area contributed by atoms with E-state index in [9.17, 15) is 4.79 Å². The molecule has 0 atom stereocenters. The molecule has 2 fully saturated rings. The molecule has 7 nitrogen and oxygen atoms in total. The molecule has 0 bridgehead atoms. The number of nitrogens with zero attached hydrogens (tertiary/aromatic N) is 5. The van der Waals surface area contributed by atoms with E-state index in [0.29, 0.717) is 28.4 Å². The molecular weight excluding hydrogens is 362 g/mol. The summed E-state index contributed by atoms with van der Waals surface area (Å²) in [4.78, 5) is 27.2. The van der Waals surface area contributed by atoms with Crippen LogP contribution in [-0.2, 0) is 0 Å². The van der Waals surface area contributed by atoms with Gasteiger partial charge in [-0.1, -0.05) is 29.8 Å². The molecule has 0 amide bonds. The average Bonchev–Trinajstić information content (AvgIpc) is 3.17. The summed E-state index contributed by atoms with van der Waals surface area (Å²) in [5, 5.41) is 5.69. The Balaban J connectivity index is 1.78. The minimum atomic E-state index is -0.0687. The van der Waals surface area contributed by atoms with Gasteiger partial charge in [-0.2, -0.15) is 4.98 Å². The molecule has 0 N–H and O–H groups in total. The second-order valence-electron chi connectivity index (χ2n) is 7.44. The highest BCUT2D eigenvalue weighted by Gasteiger charge is 2.31. The SMILES string of the molecule is CSc1ncc2c(C)c(-c3noc(C4CC4)n3)c(=O)n(C3CCCC3)c2n1. The van der Waals surface area contributed by atoms with Gasteiger partial charge in [-0.05, 0) is 44.4 Å². The third-order valence-electron chi connectivity index (χ3n) is 5.65. The van der Waals surface area contributed by atoms with Crippen LogP contribution in [0, 0.1) is 6.92 Å². The number of aromatic nitrogens is 5. The first-order valence-electron chi connectivity index (χ1n) is 9.47. The molecule has 2 aliphatic carbocycles. The lowest BCUT2D eigenvalue weighted by molar-refractivity contribution is 0.380. The average molecular weight is 383 g/mol. The Bertz CT molecular complexity index is 1080. The maximum atomic E-state index is 13.6. The van der Waals surface area contributed by atoms with Crippen LogP contribution in [0.1, 0.15) is 61.9 Å². The Kier molecular flexibility index (Phi) is 4.03. The number of aryl methyl sites for hydroxylation is 1. The van der Waals surface area contributed by atoms with Gasteiger partial charge in [-0.3, -0.25) is 9.36 Å². The molecular formula is C19H21N5O2S. The van der Waals surface area contributed by atoms with Crippen LogP contribution in [0.15, 0.2) is 20.7 Å². The van der Waals surface area contributed by atoms with Crippen molar-refractivity contribution in [3.8, 4) is 11.4 Å². The van der Waals surface area contributed by atoms with E-state index in [1.54, 1.807) is 0 Å². The summed E-state index contributed by atoms with van der Waals surface area (Å²) < 4.78 is 7.28. The van der Waals surface area contributed by atoms with E-state index in [1.165, 1.54) is 11.8 Å². The normalized spacial score (nSPS) is 17.9. The molecule has 140 valence electrons. The van der Waals surface area contributed by atoms with Gasteiger partial charge in [-0.25, -0.2) is 9.97 Å². The largest absolute Gasteiger partial charge is 0.339 e. The zero-order valence-corrected chi connectivity index (χ0v) is 16.3. The lowest BCUT2D eigenvalue weighted by atomic mass is 10.1. The number of hydrogen-bond donors (Lipinski definition) is 0. The molecule has 0 spiro atoms. The van der Waals surface area contributed by atoms with Crippen molar-refractivity contribution in [3.05, 3.63) is 28.0 Å². The predicted octanol–water partition coefficient (Wildman–Crippen LogP) is 3.86.